The van der Waals surface area contributed by atoms with Gasteiger partial charge in [0.05, 0.1) is 12.6 Å². The van der Waals surface area contributed by atoms with Crippen LogP contribution in [0.1, 0.15) is 23.9 Å². The largest absolute Gasteiger partial charge is 0.392 e. The summed E-state index contributed by atoms with van der Waals surface area (Å²) in [5.74, 6) is -0.365. The van der Waals surface area contributed by atoms with E-state index in [9.17, 15) is 13.9 Å². The number of rotatable bonds is 3. The summed E-state index contributed by atoms with van der Waals surface area (Å²) < 4.78 is 28.9. The Hall–Kier alpha value is -1.93. The number of likely N-dealkylation sites (tertiary alicyclic amines) is 1. The highest BCUT2D eigenvalue weighted by Gasteiger charge is 2.34. The van der Waals surface area contributed by atoms with E-state index >= 15 is 0 Å². The van der Waals surface area contributed by atoms with Crippen LogP contribution in [0.4, 0.5) is 8.78 Å². The van der Waals surface area contributed by atoms with Crippen LogP contribution in [0.15, 0.2) is 18.2 Å². The van der Waals surface area contributed by atoms with E-state index in [1.165, 1.54) is 10.7 Å². The minimum Gasteiger partial charge on any atom is -0.392 e. The second-order valence-corrected chi connectivity index (χ2v) is 5.22. The molecule has 0 aliphatic carbocycles. The van der Waals surface area contributed by atoms with Gasteiger partial charge in [-0.15, -0.1) is 5.10 Å². The summed E-state index contributed by atoms with van der Waals surface area (Å²) in [6.07, 6.45) is -0.232. The fourth-order valence-corrected chi connectivity index (χ4v) is 2.71. The molecule has 0 bridgehead atoms. The van der Waals surface area contributed by atoms with Crippen LogP contribution >= 0.6 is 0 Å². The number of aromatic nitrogens is 4. The molecule has 1 aromatic carbocycles. The van der Waals surface area contributed by atoms with Crippen LogP contribution < -0.4 is 0 Å². The predicted octanol–water partition coefficient (Wildman–Crippen LogP) is 0.796. The van der Waals surface area contributed by atoms with Crippen molar-refractivity contribution in [2.45, 2.75) is 25.1 Å². The summed E-state index contributed by atoms with van der Waals surface area (Å²) in [5.41, 5.74) is 0.252. The Bertz CT molecular complexity index is 647. The Balaban J connectivity index is 1.89. The zero-order chi connectivity index (χ0) is 15.0. The summed E-state index contributed by atoms with van der Waals surface area (Å²) in [4.78, 5) is 1.86. The predicted molar refractivity (Wildman–Crippen MR) is 68.9 cm³/mol. The second kappa shape index (κ2) is 5.45. The normalized spacial score (nSPS) is 22.9. The molecule has 1 aromatic heterocycles. The molecule has 0 saturated carbocycles. The molecule has 1 aliphatic rings. The zero-order valence-corrected chi connectivity index (χ0v) is 11.4. The number of benzene rings is 1. The molecular weight excluding hydrogens is 280 g/mol. The molecule has 3 rings (SSSR count). The SMILES string of the molecule is Cn1nnnc1CN1C[C@H](O)C[C@@H]1c1cc(F)ccc1F. The quantitative estimate of drug-likeness (QED) is 0.907. The molecule has 8 heteroatoms. The number of aliphatic hydroxyl groups is 1. The minimum atomic E-state index is -0.584. The van der Waals surface area contributed by atoms with Crippen LogP contribution in [0.25, 0.3) is 0 Å². The fraction of sp³-hybridized carbons (Fsp3) is 0.462. The molecule has 2 aromatic rings. The van der Waals surface area contributed by atoms with Crippen molar-refractivity contribution in [2.24, 2.45) is 7.05 Å². The summed E-state index contributed by atoms with van der Waals surface area (Å²) in [6, 6.07) is 2.98. The van der Waals surface area contributed by atoms with Crippen molar-refractivity contribution in [1.29, 1.82) is 0 Å². The van der Waals surface area contributed by atoms with E-state index in [4.69, 9.17) is 0 Å². The van der Waals surface area contributed by atoms with Gasteiger partial charge in [-0.2, -0.15) is 0 Å². The Kier molecular flexibility index (Phi) is 3.64. The van der Waals surface area contributed by atoms with Crippen molar-refractivity contribution in [3.05, 3.63) is 41.2 Å². The lowest BCUT2D eigenvalue weighted by atomic mass is 10.0. The van der Waals surface area contributed by atoms with E-state index in [2.05, 4.69) is 15.5 Å². The highest BCUT2D eigenvalue weighted by Crippen LogP contribution is 2.34. The van der Waals surface area contributed by atoms with Gasteiger partial charge in [-0.3, -0.25) is 4.90 Å². The smallest absolute Gasteiger partial charge is 0.165 e. The van der Waals surface area contributed by atoms with Gasteiger partial charge < -0.3 is 5.11 Å². The first-order chi connectivity index (χ1) is 10.0. The van der Waals surface area contributed by atoms with E-state index in [1.54, 1.807) is 7.05 Å². The molecule has 1 saturated heterocycles. The van der Waals surface area contributed by atoms with Gasteiger partial charge in [0.25, 0.3) is 0 Å². The molecule has 0 unspecified atom stereocenters. The third-order valence-electron chi connectivity index (χ3n) is 3.75. The van der Waals surface area contributed by atoms with E-state index in [0.29, 0.717) is 25.3 Å². The lowest BCUT2D eigenvalue weighted by Crippen LogP contribution is -2.26. The van der Waals surface area contributed by atoms with Gasteiger partial charge in [0.1, 0.15) is 11.6 Å². The van der Waals surface area contributed by atoms with E-state index < -0.39 is 23.8 Å². The van der Waals surface area contributed by atoms with Crippen LogP contribution in [-0.4, -0.2) is 42.9 Å². The van der Waals surface area contributed by atoms with E-state index in [0.717, 1.165) is 12.1 Å². The molecule has 0 radical (unpaired) electrons. The third kappa shape index (κ3) is 2.77. The Morgan fingerprint density at radius 2 is 2.19 bits per heavy atom. The number of hydrogen-bond donors (Lipinski definition) is 1. The molecule has 2 atom stereocenters. The number of aryl methyl sites for hydroxylation is 1. The fourth-order valence-electron chi connectivity index (χ4n) is 2.71. The van der Waals surface area contributed by atoms with Crippen LogP contribution in [-0.2, 0) is 13.6 Å². The third-order valence-corrected chi connectivity index (χ3v) is 3.75. The molecule has 2 heterocycles. The molecule has 0 spiro atoms. The standard InChI is InChI=1S/C13H15F2N5O/c1-19-13(16-17-18-19)7-20-6-9(21)5-12(20)10-4-8(14)2-3-11(10)15/h2-4,9,12,21H,5-7H2,1H3/t9-,12-/m1/s1. The van der Waals surface area contributed by atoms with E-state index in [1.807, 2.05) is 4.90 Å². The number of aliphatic hydroxyl groups excluding tert-OH is 1. The van der Waals surface area contributed by atoms with Crippen LogP contribution in [0, 0.1) is 11.6 Å². The Morgan fingerprint density at radius 3 is 2.90 bits per heavy atom. The van der Waals surface area contributed by atoms with E-state index in [-0.39, 0.29) is 5.56 Å². The van der Waals surface area contributed by atoms with Crippen molar-refractivity contribution >= 4 is 0 Å². The Morgan fingerprint density at radius 1 is 1.38 bits per heavy atom. The first kappa shape index (κ1) is 14.0. The van der Waals surface area contributed by atoms with Crippen molar-refractivity contribution in [3.8, 4) is 0 Å². The number of tetrazole rings is 1. The molecule has 1 N–H and O–H groups in total. The number of halogens is 2. The molecular formula is C13H15F2N5O. The average molecular weight is 295 g/mol. The highest BCUT2D eigenvalue weighted by molar-refractivity contribution is 5.24. The molecule has 21 heavy (non-hydrogen) atoms. The first-order valence-corrected chi connectivity index (χ1v) is 6.63. The number of nitrogens with zero attached hydrogens (tertiary/aromatic N) is 5. The lowest BCUT2D eigenvalue weighted by molar-refractivity contribution is 0.170. The summed E-state index contributed by atoms with van der Waals surface area (Å²) >= 11 is 0. The maximum atomic E-state index is 14.0. The van der Waals surface area contributed by atoms with Crippen molar-refractivity contribution < 1.29 is 13.9 Å². The van der Waals surface area contributed by atoms with Gasteiger partial charge in [0.15, 0.2) is 5.82 Å². The number of hydrogen-bond acceptors (Lipinski definition) is 5. The van der Waals surface area contributed by atoms with Crippen molar-refractivity contribution in [1.82, 2.24) is 25.1 Å². The second-order valence-electron chi connectivity index (χ2n) is 5.22. The zero-order valence-electron chi connectivity index (χ0n) is 11.4. The minimum absolute atomic E-state index is 0.252. The molecule has 6 nitrogen and oxygen atoms in total. The van der Waals surface area contributed by atoms with Crippen LogP contribution in [0.2, 0.25) is 0 Å². The van der Waals surface area contributed by atoms with Gasteiger partial charge in [0.2, 0.25) is 0 Å². The van der Waals surface area contributed by atoms with Gasteiger partial charge in [-0.25, -0.2) is 13.5 Å². The van der Waals surface area contributed by atoms with Crippen LogP contribution in [0.5, 0.6) is 0 Å². The maximum Gasteiger partial charge on any atom is 0.165 e. The molecule has 112 valence electrons. The maximum absolute atomic E-state index is 14.0. The van der Waals surface area contributed by atoms with Gasteiger partial charge in [0, 0.05) is 25.2 Å². The summed E-state index contributed by atoms with van der Waals surface area (Å²) in [5, 5.41) is 21.0. The Labute approximate surface area is 120 Å². The lowest BCUT2D eigenvalue weighted by Gasteiger charge is -2.23. The molecule has 1 fully saturated rings. The van der Waals surface area contributed by atoms with Crippen molar-refractivity contribution in [2.75, 3.05) is 6.54 Å². The van der Waals surface area contributed by atoms with Gasteiger partial charge in [-0.05, 0) is 35.0 Å². The van der Waals surface area contributed by atoms with Gasteiger partial charge in [-0.1, -0.05) is 0 Å². The highest BCUT2D eigenvalue weighted by atomic mass is 19.1. The average Bonchev–Trinajstić information content (AvgIpc) is 3.00. The molecule has 0 amide bonds. The number of β-amino-alcohol motifs (C(OH)–C–C–N with tert-alkyl or cyclic N) is 1. The van der Waals surface area contributed by atoms with Crippen LogP contribution in [0.3, 0.4) is 0 Å². The first-order valence-electron chi connectivity index (χ1n) is 6.63. The summed E-state index contributed by atoms with van der Waals surface area (Å²) in [7, 11) is 1.71. The van der Waals surface area contributed by atoms with Gasteiger partial charge >= 0.3 is 0 Å². The topological polar surface area (TPSA) is 67.1 Å². The van der Waals surface area contributed by atoms with Crippen molar-refractivity contribution in [3.63, 3.8) is 0 Å². The summed E-state index contributed by atoms with van der Waals surface area (Å²) in [6.45, 7) is 0.731. The molecule has 1 aliphatic heterocycles. The monoisotopic (exact) mass is 295 g/mol.